The summed E-state index contributed by atoms with van der Waals surface area (Å²) in [5.41, 5.74) is 0.254. The molecular weight excluding hydrogens is 226 g/mol. The van der Waals surface area contributed by atoms with E-state index in [9.17, 15) is 14.4 Å². The maximum absolute atomic E-state index is 11.5. The van der Waals surface area contributed by atoms with Crippen LogP contribution < -0.4 is 10.1 Å². The third kappa shape index (κ3) is 3.94. The van der Waals surface area contributed by atoms with E-state index in [0.29, 0.717) is 5.75 Å². The number of rotatable bonds is 4. The van der Waals surface area contributed by atoms with Crippen molar-refractivity contribution in [1.82, 2.24) is 5.32 Å². The number of carboxylic acids is 1. The van der Waals surface area contributed by atoms with E-state index in [1.165, 1.54) is 19.2 Å². The van der Waals surface area contributed by atoms with Crippen LogP contribution in [0.3, 0.4) is 0 Å². The van der Waals surface area contributed by atoms with Gasteiger partial charge in [0, 0.05) is 5.56 Å². The van der Waals surface area contributed by atoms with E-state index in [1.54, 1.807) is 12.1 Å². The second-order valence-corrected chi connectivity index (χ2v) is 3.18. The van der Waals surface area contributed by atoms with Crippen LogP contribution in [0.1, 0.15) is 16.8 Å². The molecule has 2 N–H and O–H groups in total. The van der Waals surface area contributed by atoms with Gasteiger partial charge in [0.25, 0.3) is 5.91 Å². The predicted molar refractivity (Wildman–Crippen MR) is 57.7 cm³/mol. The summed E-state index contributed by atoms with van der Waals surface area (Å²) >= 11 is 0. The molecule has 0 fully saturated rings. The number of ether oxygens (including phenoxy) is 1. The number of nitrogens with one attached hydrogen (secondary N) is 1. The van der Waals surface area contributed by atoms with Gasteiger partial charge >= 0.3 is 5.97 Å². The van der Waals surface area contributed by atoms with Crippen molar-refractivity contribution in [2.75, 3.05) is 7.11 Å². The molecule has 0 aromatic heterocycles. The lowest BCUT2D eigenvalue weighted by atomic mass is 10.2. The minimum Gasteiger partial charge on any atom is -0.497 e. The number of hydrogen-bond acceptors (Lipinski definition) is 4. The first-order valence-electron chi connectivity index (χ1n) is 4.73. The van der Waals surface area contributed by atoms with Crippen molar-refractivity contribution in [3.63, 3.8) is 0 Å². The number of hydrogen-bond donors (Lipinski definition) is 2. The fraction of sp³-hybridized carbons (Fsp3) is 0.182. The first-order valence-corrected chi connectivity index (χ1v) is 4.73. The Balaban J connectivity index is 2.63. The van der Waals surface area contributed by atoms with E-state index in [0.717, 1.165) is 0 Å². The van der Waals surface area contributed by atoms with Crippen molar-refractivity contribution in [3.8, 4) is 5.75 Å². The molecule has 0 saturated heterocycles. The highest BCUT2D eigenvalue weighted by atomic mass is 16.5. The van der Waals surface area contributed by atoms with Crippen LogP contribution in [0.5, 0.6) is 5.75 Å². The molecule has 6 heteroatoms. The van der Waals surface area contributed by atoms with Crippen molar-refractivity contribution >= 4 is 17.8 Å². The van der Waals surface area contributed by atoms with Crippen LogP contribution >= 0.6 is 0 Å². The quantitative estimate of drug-likeness (QED) is 0.740. The third-order valence-electron chi connectivity index (χ3n) is 1.92. The average molecular weight is 237 g/mol. The summed E-state index contributed by atoms with van der Waals surface area (Å²) in [6.07, 6.45) is -0.734. The van der Waals surface area contributed by atoms with Crippen molar-refractivity contribution < 1.29 is 24.2 Å². The van der Waals surface area contributed by atoms with Crippen molar-refractivity contribution in [2.24, 2.45) is 0 Å². The van der Waals surface area contributed by atoms with Gasteiger partial charge in [-0.05, 0) is 24.3 Å². The van der Waals surface area contributed by atoms with Crippen molar-refractivity contribution in [2.45, 2.75) is 6.42 Å². The van der Waals surface area contributed by atoms with E-state index in [4.69, 9.17) is 9.84 Å². The predicted octanol–water partition coefficient (Wildman–Crippen LogP) is 0.426. The van der Waals surface area contributed by atoms with E-state index >= 15 is 0 Å². The molecule has 0 bridgehead atoms. The fourth-order valence-electron chi connectivity index (χ4n) is 1.12. The molecule has 0 saturated carbocycles. The second kappa shape index (κ2) is 5.64. The molecule has 1 aromatic rings. The van der Waals surface area contributed by atoms with Crippen LogP contribution in [0, 0.1) is 0 Å². The Hall–Kier alpha value is -2.37. The smallest absolute Gasteiger partial charge is 0.312 e. The zero-order valence-electron chi connectivity index (χ0n) is 9.10. The summed E-state index contributed by atoms with van der Waals surface area (Å²) in [5.74, 6) is -2.19. The SMILES string of the molecule is COc1ccc(C(=O)NC(=O)CC(=O)O)cc1. The molecule has 0 heterocycles. The Morgan fingerprint density at radius 3 is 2.29 bits per heavy atom. The number of aliphatic carboxylic acids is 1. The van der Waals surface area contributed by atoms with Crippen LogP contribution in [-0.4, -0.2) is 30.0 Å². The number of imide groups is 1. The molecule has 0 atom stereocenters. The molecule has 1 aromatic carbocycles. The molecule has 0 spiro atoms. The Kier molecular flexibility index (Phi) is 4.21. The number of carbonyl (C=O) groups is 3. The van der Waals surface area contributed by atoms with Crippen LogP contribution in [0.4, 0.5) is 0 Å². The summed E-state index contributed by atoms with van der Waals surface area (Å²) in [6.45, 7) is 0. The van der Waals surface area contributed by atoms with Gasteiger partial charge in [0.15, 0.2) is 0 Å². The van der Waals surface area contributed by atoms with E-state index in [1.807, 2.05) is 5.32 Å². The van der Waals surface area contributed by atoms with Gasteiger partial charge in [0.2, 0.25) is 5.91 Å². The van der Waals surface area contributed by atoms with Gasteiger partial charge in [0.05, 0.1) is 7.11 Å². The zero-order chi connectivity index (χ0) is 12.8. The molecular formula is C11H11NO5. The van der Waals surface area contributed by atoms with E-state index in [2.05, 4.69) is 0 Å². The summed E-state index contributed by atoms with van der Waals surface area (Å²) in [7, 11) is 1.49. The van der Waals surface area contributed by atoms with Gasteiger partial charge in [-0.2, -0.15) is 0 Å². The molecule has 0 unspecified atom stereocenters. The molecule has 90 valence electrons. The lowest BCUT2D eigenvalue weighted by molar-refractivity contribution is -0.140. The number of benzene rings is 1. The van der Waals surface area contributed by atoms with E-state index < -0.39 is 24.2 Å². The van der Waals surface area contributed by atoms with Gasteiger partial charge in [-0.3, -0.25) is 19.7 Å². The molecule has 0 aliphatic heterocycles. The lowest BCUT2D eigenvalue weighted by Gasteiger charge is -2.03. The van der Waals surface area contributed by atoms with Gasteiger partial charge < -0.3 is 9.84 Å². The molecule has 17 heavy (non-hydrogen) atoms. The minimum absolute atomic E-state index is 0.254. The maximum atomic E-state index is 11.5. The highest BCUT2D eigenvalue weighted by Crippen LogP contribution is 2.10. The Morgan fingerprint density at radius 1 is 1.24 bits per heavy atom. The minimum atomic E-state index is -1.29. The number of carbonyl (C=O) groups excluding carboxylic acids is 2. The fourth-order valence-corrected chi connectivity index (χ4v) is 1.12. The molecule has 0 aliphatic carbocycles. The standard InChI is InChI=1S/C11H11NO5/c1-17-8-4-2-7(3-5-8)11(16)12-9(13)6-10(14)15/h2-5H,6H2,1H3,(H,14,15)(H,12,13,16). The van der Waals surface area contributed by atoms with Crippen LogP contribution in [0.25, 0.3) is 0 Å². The van der Waals surface area contributed by atoms with Gasteiger partial charge in [-0.15, -0.1) is 0 Å². The normalized spacial score (nSPS) is 9.47. The molecule has 0 aliphatic rings. The highest BCUT2D eigenvalue weighted by molar-refractivity contribution is 6.08. The topological polar surface area (TPSA) is 92.7 Å². The summed E-state index contributed by atoms with van der Waals surface area (Å²) in [6, 6.07) is 6.08. The molecule has 1 rings (SSSR count). The van der Waals surface area contributed by atoms with Crippen LogP contribution in [0.15, 0.2) is 24.3 Å². The average Bonchev–Trinajstić information content (AvgIpc) is 2.28. The first-order chi connectivity index (χ1) is 8.02. The zero-order valence-corrected chi connectivity index (χ0v) is 9.10. The van der Waals surface area contributed by atoms with Crippen LogP contribution in [0.2, 0.25) is 0 Å². The Bertz CT molecular complexity index is 438. The molecule has 6 nitrogen and oxygen atoms in total. The highest BCUT2D eigenvalue weighted by Gasteiger charge is 2.12. The Labute approximate surface area is 97.2 Å². The maximum Gasteiger partial charge on any atom is 0.312 e. The van der Waals surface area contributed by atoms with Crippen molar-refractivity contribution in [3.05, 3.63) is 29.8 Å². The molecule has 2 amide bonds. The van der Waals surface area contributed by atoms with Gasteiger partial charge in [0.1, 0.15) is 12.2 Å². The summed E-state index contributed by atoms with van der Waals surface area (Å²) in [5, 5.41) is 10.3. The monoisotopic (exact) mass is 237 g/mol. The Morgan fingerprint density at radius 2 is 1.82 bits per heavy atom. The first kappa shape index (κ1) is 12.7. The van der Waals surface area contributed by atoms with Gasteiger partial charge in [-0.1, -0.05) is 0 Å². The second-order valence-electron chi connectivity index (χ2n) is 3.18. The van der Waals surface area contributed by atoms with E-state index in [-0.39, 0.29) is 5.56 Å². The molecule has 0 radical (unpaired) electrons. The summed E-state index contributed by atoms with van der Waals surface area (Å²) in [4.78, 5) is 32.7. The van der Waals surface area contributed by atoms with Crippen LogP contribution in [-0.2, 0) is 9.59 Å². The number of methoxy groups -OCH3 is 1. The number of carboxylic acid groups (broad SMARTS) is 1. The number of amides is 2. The lowest BCUT2D eigenvalue weighted by Crippen LogP contribution is -2.31. The van der Waals surface area contributed by atoms with Crippen molar-refractivity contribution in [1.29, 1.82) is 0 Å². The van der Waals surface area contributed by atoms with Gasteiger partial charge in [-0.25, -0.2) is 0 Å². The largest absolute Gasteiger partial charge is 0.497 e. The summed E-state index contributed by atoms with van der Waals surface area (Å²) < 4.78 is 4.91. The third-order valence-corrected chi connectivity index (χ3v) is 1.92.